The Morgan fingerprint density at radius 2 is 1.88 bits per heavy atom. The Kier molecular flexibility index (Phi) is 10.5. The Morgan fingerprint density at radius 1 is 1.10 bits per heavy atom. The lowest BCUT2D eigenvalue weighted by Gasteiger charge is -2.27. The predicted octanol–water partition coefficient (Wildman–Crippen LogP) is 7.57. The molecule has 6 rings (SSSR count). The number of hydrogen-bond donors (Lipinski definition) is 0. The van der Waals surface area contributed by atoms with Gasteiger partial charge in [0.1, 0.15) is 23.2 Å². The number of alkyl halides is 3. The Hall–Kier alpha value is -4.47. The summed E-state index contributed by atoms with van der Waals surface area (Å²) in [6, 6.07) is 17.0. The van der Waals surface area contributed by atoms with Gasteiger partial charge in [0.25, 0.3) is 5.56 Å². The Morgan fingerprint density at radius 3 is 2.58 bits per heavy atom. The van der Waals surface area contributed by atoms with Crippen molar-refractivity contribution in [3.8, 4) is 17.0 Å². The monoisotopic (exact) mass is 784 g/mol. The zero-order chi connectivity index (χ0) is 35.6. The minimum absolute atomic E-state index is 0.115. The van der Waals surface area contributed by atoms with Crippen molar-refractivity contribution in [2.75, 3.05) is 13.7 Å². The molecule has 50 heavy (non-hydrogen) atoms. The number of carbonyl (C=O) groups excluding carboxylic acids is 1. The highest BCUT2D eigenvalue weighted by Crippen LogP contribution is 2.39. The predicted molar refractivity (Wildman–Crippen MR) is 186 cm³/mol. The molecule has 2 aromatic carbocycles. The number of hydrogen-bond acceptors (Lipinski definition) is 10. The van der Waals surface area contributed by atoms with Crippen LogP contribution in [0.3, 0.4) is 0 Å². The number of carbonyl (C=O) groups is 1. The van der Waals surface area contributed by atoms with Gasteiger partial charge in [0.15, 0.2) is 15.1 Å². The van der Waals surface area contributed by atoms with E-state index in [2.05, 4.69) is 25.9 Å². The number of fused-ring (bicyclic) bond motifs is 1. The summed E-state index contributed by atoms with van der Waals surface area (Å²) in [5.41, 5.74) is 0.429. The van der Waals surface area contributed by atoms with Crippen LogP contribution in [-0.4, -0.2) is 34.2 Å². The number of aromatic nitrogens is 3. The molecule has 0 saturated heterocycles. The van der Waals surface area contributed by atoms with Gasteiger partial charge in [-0.1, -0.05) is 70.9 Å². The summed E-state index contributed by atoms with van der Waals surface area (Å²) in [4.78, 5) is 40.9. The fourth-order valence-corrected chi connectivity index (χ4v) is 7.51. The fraction of sp³-hybridized carbons (Fsp3) is 0.229. The van der Waals surface area contributed by atoms with Crippen molar-refractivity contribution >= 4 is 51.1 Å². The number of furan rings is 1. The first-order valence-corrected chi connectivity index (χ1v) is 17.8. The van der Waals surface area contributed by atoms with Crippen LogP contribution in [0.2, 0.25) is 0 Å². The molecule has 0 radical (unpaired) electrons. The lowest BCUT2D eigenvalue weighted by atomic mass is 9.93. The molecule has 15 heteroatoms. The normalized spacial score (nSPS) is 14.8. The van der Waals surface area contributed by atoms with E-state index < -0.39 is 29.4 Å². The van der Waals surface area contributed by atoms with Crippen LogP contribution in [0.15, 0.2) is 107 Å². The van der Waals surface area contributed by atoms with Gasteiger partial charge in [-0.05, 0) is 61.5 Å². The average molecular weight is 786 g/mol. The SMILES string of the molecule is CCCC1=C(C(=O)OCC)[C@H](c2cc(Br)ccc2OC)n2c(s/c(=C\c3ccc(Sc4nc(-c5ccccc5)cc(C(F)(F)F)n4)o3)c2=O)=N1. The largest absolute Gasteiger partial charge is 0.496 e. The first kappa shape index (κ1) is 35.4. The molecule has 4 heterocycles. The van der Waals surface area contributed by atoms with Crippen LogP contribution in [0.5, 0.6) is 5.75 Å². The van der Waals surface area contributed by atoms with Crippen LogP contribution in [0.4, 0.5) is 13.2 Å². The number of rotatable bonds is 10. The summed E-state index contributed by atoms with van der Waals surface area (Å²) < 4.78 is 60.7. The van der Waals surface area contributed by atoms with E-state index >= 15 is 0 Å². The Labute approximate surface area is 300 Å². The van der Waals surface area contributed by atoms with Crippen molar-refractivity contribution in [2.45, 2.75) is 49.2 Å². The van der Waals surface area contributed by atoms with Gasteiger partial charge in [-0.15, -0.1) is 0 Å². The molecule has 0 saturated carbocycles. The first-order chi connectivity index (χ1) is 24.0. The van der Waals surface area contributed by atoms with Crippen molar-refractivity contribution < 1.29 is 31.9 Å². The molecular formula is C35H28BrF3N4O5S2. The van der Waals surface area contributed by atoms with Gasteiger partial charge in [0, 0.05) is 21.7 Å². The zero-order valence-corrected chi connectivity index (χ0v) is 30.0. The molecular weight excluding hydrogens is 757 g/mol. The smallest absolute Gasteiger partial charge is 0.433 e. The maximum Gasteiger partial charge on any atom is 0.433 e. The molecule has 0 unspecified atom stereocenters. The number of nitrogens with zero attached hydrogens (tertiary/aromatic N) is 4. The van der Waals surface area contributed by atoms with E-state index in [1.165, 1.54) is 17.8 Å². The van der Waals surface area contributed by atoms with Crippen molar-refractivity contribution in [1.29, 1.82) is 0 Å². The summed E-state index contributed by atoms with van der Waals surface area (Å²) >= 11 is 5.45. The van der Waals surface area contributed by atoms with E-state index in [1.807, 2.05) is 6.92 Å². The van der Waals surface area contributed by atoms with Gasteiger partial charge in [-0.25, -0.2) is 19.8 Å². The second-order valence-corrected chi connectivity index (χ2v) is 13.7. The Bertz CT molecular complexity index is 2280. The third-order valence-corrected chi connectivity index (χ3v) is 9.77. The van der Waals surface area contributed by atoms with Gasteiger partial charge < -0.3 is 13.9 Å². The van der Waals surface area contributed by atoms with E-state index in [0.717, 1.165) is 29.2 Å². The molecule has 3 aromatic heterocycles. The standard InChI is InChI=1S/C35H28BrF3N4O5S2/c1-4-9-23-29(32(45)47-5-2)30(22-16-20(36)12-14-25(22)46-3)43-31(44)26(49-34(43)41-23)17-21-13-15-28(48-21)50-33-40-24(19-10-7-6-8-11-19)18-27(42-33)35(37,38)39/h6-8,10-18,30H,4-5,9H2,1-3H3/b26-17-/t30-/m0/s1. The van der Waals surface area contributed by atoms with Crippen molar-refractivity contribution in [3.05, 3.63) is 119 Å². The lowest BCUT2D eigenvalue weighted by molar-refractivity contribution is -0.141. The van der Waals surface area contributed by atoms with E-state index in [1.54, 1.807) is 67.6 Å². The molecule has 0 aliphatic carbocycles. The molecule has 0 fully saturated rings. The first-order valence-electron chi connectivity index (χ1n) is 15.4. The second kappa shape index (κ2) is 14.8. The summed E-state index contributed by atoms with van der Waals surface area (Å²) in [6.45, 7) is 3.81. The van der Waals surface area contributed by atoms with Crippen LogP contribution >= 0.6 is 39.0 Å². The molecule has 258 valence electrons. The zero-order valence-electron chi connectivity index (χ0n) is 26.8. The topological polar surface area (TPSA) is 109 Å². The van der Waals surface area contributed by atoms with Crippen LogP contribution < -0.4 is 19.6 Å². The van der Waals surface area contributed by atoms with Gasteiger partial charge in [0.05, 0.1) is 35.2 Å². The molecule has 0 bridgehead atoms. The van der Waals surface area contributed by atoms with E-state index in [4.69, 9.17) is 18.9 Å². The maximum atomic E-state index is 14.2. The molecule has 1 atom stereocenters. The Balaban J connectivity index is 1.42. The van der Waals surface area contributed by atoms with Crippen LogP contribution in [-0.2, 0) is 15.7 Å². The highest BCUT2D eigenvalue weighted by Gasteiger charge is 2.36. The molecule has 0 spiro atoms. The summed E-state index contributed by atoms with van der Waals surface area (Å²) in [6.07, 6.45) is -2.01. The van der Waals surface area contributed by atoms with E-state index in [0.29, 0.717) is 44.7 Å². The summed E-state index contributed by atoms with van der Waals surface area (Å²) in [5.74, 6) is 0.149. The quantitative estimate of drug-likeness (QED) is 0.105. The third kappa shape index (κ3) is 7.35. The van der Waals surface area contributed by atoms with Crippen molar-refractivity contribution in [2.24, 2.45) is 4.99 Å². The van der Waals surface area contributed by atoms with Crippen molar-refractivity contribution in [1.82, 2.24) is 14.5 Å². The highest BCUT2D eigenvalue weighted by atomic mass is 79.9. The van der Waals surface area contributed by atoms with Crippen LogP contribution in [0.25, 0.3) is 17.3 Å². The second-order valence-electron chi connectivity index (χ2n) is 10.8. The van der Waals surface area contributed by atoms with Gasteiger partial charge in [0.2, 0.25) is 0 Å². The van der Waals surface area contributed by atoms with E-state index in [9.17, 15) is 22.8 Å². The molecule has 0 N–H and O–H groups in total. The molecule has 9 nitrogen and oxygen atoms in total. The number of esters is 1. The van der Waals surface area contributed by atoms with Crippen molar-refractivity contribution in [3.63, 3.8) is 0 Å². The number of thiazole rings is 1. The van der Waals surface area contributed by atoms with E-state index in [-0.39, 0.29) is 38.4 Å². The summed E-state index contributed by atoms with van der Waals surface area (Å²) in [7, 11) is 1.51. The van der Waals surface area contributed by atoms with Crippen LogP contribution in [0.1, 0.15) is 49.7 Å². The number of benzene rings is 2. The maximum absolute atomic E-state index is 14.2. The molecule has 1 aliphatic rings. The number of allylic oxidation sites excluding steroid dienone is 1. The molecule has 0 amide bonds. The van der Waals surface area contributed by atoms with Gasteiger partial charge >= 0.3 is 12.1 Å². The average Bonchev–Trinajstić information content (AvgIpc) is 3.66. The van der Waals surface area contributed by atoms with Gasteiger partial charge in [-0.2, -0.15) is 13.2 Å². The number of methoxy groups -OCH3 is 1. The molecule has 5 aromatic rings. The number of ether oxygens (including phenoxy) is 2. The highest BCUT2D eigenvalue weighted by molar-refractivity contribution is 9.10. The lowest BCUT2D eigenvalue weighted by Crippen LogP contribution is -2.40. The minimum atomic E-state index is -4.69. The third-order valence-electron chi connectivity index (χ3n) is 7.51. The van der Waals surface area contributed by atoms with Gasteiger partial charge in [-0.3, -0.25) is 9.36 Å². The van der Waals surface area contributed by atoms with Crippen LogP contribution in [0, 0.1) is 0 Å². The minimum Gasteiger partial charge on any atom is -0.496 e. The fourth-order valence-electron chi connectivity index (χ4n) is 5.39. The summed E-state index contributed by atoms with van der Waals surface area (Å²) in [5, 5.41) is 0.0609. The molecule has 1 aliphatic heterocycles. The number of halogens is 4.